The summed E-state index contributed by atoms with van der Waals surface area (Å²) in [6.07, 6.45) is -1.06. The van der Waals surface area contributed by atoms with Crippen LogP contribution in [0.5, 0.6) is 0 Å². The summed E-state index contributed by atoms with van der Waals surface area (Å²) < 4.78 is 0. The van der Waals surface area contributed by atoms with Crippen molar-refractivity contribution in [3.8, 4) is 0 Å². The van der Waals surface area contributed by atoms with Gasteiger partial charge < -0.3 is 10.2 Å². The molecule has 1 aliphatic rings. The molecule has 60 valence electrons. The van der Waals surface area contributed by atoms with Crippen molar-refractivity contribution in [2.24, 2.45) is 9.98 Å². The fourth-order valence-electron chi connectivity index (χ4n) is 0.780. The van der Waals surface area contributed by atoms with Gasteiger partial charge in [-0.2, -0.15) is 0 Å². The van der Waals surface area contributed by atoms with Gasteiger partial charge in [-0.1, -0.05) is 0 Å². The fraction of sp³-hybridized carbons (Fsp3) is 0.500. The highest BCUT2D eigenvalue weighted by molar-refractivity contribution is 6.39. The quantitative estimate of drug-likeness (QED) is 0.527. The summed E-state index contributed by atoms with van der Waals surface area (Å²) in [6.45, 7) is 1.69. The first-order valence-corrected chi connectivity index (χ1v) is 3.12. The van der Waals surface area contributed by atoms with Crippen LogP contribution >= 0.6 is 0 Å². The molecular formula is C6H8N2O3. The van der Waals surface area contributed by atoms with Gasteiger partial charge in [0.15, 0.2) is 5.71 Å². The zero-order chi connectivity index (χ0) is 8.43. The van der Waals surface area contributed by atoms with Gasteiger partial charge in [0, 0.05) is 0 Å². The molecule has 0 bridgehead atoms. The van der Waals surface area contributed by atoms with Crippen LogP contribution in [0.4, 0.5) is 0 Å². The van der Waals surface area contributed by atoms with E-state index in [4.69, 9.17) is 10.2 Å². The number of aliphatic carboxylic acids is 1. The van der Waals surface area contributed by atoms with Gasteiger partial charge in [-0.05, 0) is 6.92 Å². The number of amidine groups is 1. The smallest absolute Gasteiger partial charge is 0.353 e. The standard InChI is InChI=1S/C6H8N2O3/c1-3-7-2-4(9)5(8-3)6(10)11/h4,9H,2H2,1H3,(H,10,11). The van der Waals surface area contributed by atoms with Crippen molar-refractivity contribution in [1.29, 1.82) is 0 Å². The molecule has 0 amide bonds. The average Bonchev–Trinajstić information content (AvgIpc) is 1.94. The van der Waals surface area contributed by atoms with Crippen molar-refractivity contribution in [2.75, 3.05) is 6.54 Å². The number of carboxylic acids is 1. The van der Waals surface area contributed by atoms with Crippen molar-refractivity contribution >= 4 is 17.5 Å². The maximum absolute atomic E-state index is 10.4. The lowest BCUT2D eigenvalue weighted by molar-refractivity contribution is -0.129. The third-order valence-electron chi connectivity index (χ3n) is 1.31. The van der Waals surface area contributed by atoms with Crippen molar-refractivity contribution in [3.05, 3.63) is 0 Å². The largest absolute Gasteiger partial charge is 0.477 e. The molecule has 0 saturated carbocycles. The van der Waals surface area contributed by atoms with Gasteiger partial charge in [0.25, 0.3) is 0 Å². The number of aliphatic imine (C=N–C) groups is 2. The molecule has 0 spiro atoms. The number of carboxylic acid groups (broad SMARTS) is 1. The lowest BCUT2D eigenvalue weighted by Gasteiger charge is -2.11. The maximum atomic E-state index is 10.4. The number of carbonyl (C=O) groups is 1. The molecule has 11 heavy (non-hydrogen) atoms. The molecule has 0 saturated heterocycles. The second-order valence-electron chi connectivity index (χ2n) is 2.21. The van der Waals surface area contributed by atoms with Gasteiger partial charge in [0.2, 0.25) is 0 Å². The SMILES string of the molecule is CC1=NCC(O)C(C(=O)O)=N1. The van der Waals surface area contributed by atoms with E-state index in [0.717, 1.165) is 0 Å². The Labute approximate surface area is 63.1 Å². The molecule has 0 aromatic carbocycles. The first-order chi connectivity index (χ1) is 5.11. The summed E-state index contributed by atoms with van der Waals surface area (Å²) in [4.78, 5) is 17.7. The zero-order valence-corrected chi connectivity index (χ0v) is 5.98. The van der Waals surface area contributed by atoms with Crippen molar-refractivity contribution in [3.63, 3.8) is 0 Å². The average molecular weight is 156 g/mol. The van der Waals surface area contributed by atoms with Crippen LogP contribution in [-0.2, 0) is 4.79 Å². The van der Waals surface area contributed by atoms with Gasteiger partial charge in [-0.3, -0.25) is 4.99 Å². The van der Waals surface area contributed by atoms with Crippen LogP contribution in [0.3, 0.4) is 0 Å². The Hall–Kier alpha value is -1.23. The lowest BCUT2D eigenvalue weighted by Crippen LogP contribution is -2.34. The first kappa shape index (κ1) is 7.87. The van der Waals surface area contributed by atoms with Gasteiger partial charge >= 0.3 is 5.97 Å². The van der Waals surface area contributed by atoms with Gasteiger partial charge in [0.1, 0.15) is 11.9 Å². The van der Waals surface area contributed by atoms with E-state index >= 15 is 0 Å². The highest BCUT2D eigenvalue weighted by Crippen LogP contribution is 1.99. The minimum atomic E-state index is -1.19. The van der Waals surface area contributed by atoms with E-state index in [1.54, 1.807) is 6.92 Å². The van der Waals surface area contributed by atoms with Crippen LogP contribution < -0.4 is 0 Å². The summed E-state index contributed by atoms with van der Waals surface area (Å²) in [6, 6.07) is 0. The Kier molecular flexibility index (Phi) is 2.00. The number of nitrogens with zero attached hydrogens (tertiary/aromatic N) is 2. The number of aliphatic hydroxyl groups is 1. The Bertz CT molecular complexity index is 244. The van der Waals surface area contributed by atoms with E-state index in [1.165, 1.54) is 0 Å². The predicted molar refractivity (Wildman–Crippen MR) is 39.1 cm³/mol. The van der Waals surface area contributed by atoms with Gasteiger partial charge in [0.05, 0.1) is 6.54 Å². The summed E-state index contributed by atoms with van der Waals surface area (Å²) in [5, 5.41) is 17.5. The van der Waals surface area contributed by atoms with E-state index in [9.17, 15) is 4.79 Å². The molecule has 0 fully saturated rings. The summed E-state index contributed by atoms with van der Waals surface area (Å²) in [7, 11) is 0. The normalized spacial score (nSPS) is 24.0. The highest BCUT2D eigenvalue weighted by atomic mass is 16.4. The van der Waals surface area contributed by atoms with E-state index in [2.05, 4.69) is 9.98 Å². The molecule has 1 rings (SSSR count). The van der Waals surface area contributed by atoms with Gasteiger partial charge in [-0.25, -0.2) is 9.79 Å². The zero-order valence-electron chi connectivity index (χ0n) is 5.98. The molecule has 0 aromatic rings. The maximum Gasteiger partial charge on any atom is 0.353 e. The predicted octanol–water partition coefficient (Wildman–Crippen LogP) is -0.695. The van der Waals surface area contributed by atoms with Crippen LogP contribution in [0.15, 0.2) is 9.98 Å². The minimum absolute atomic E-state index is 0.0942. The second kappa shape index (κ2) is 2.79. The van der Waals surface area contributed by atoms with E-state index in [1.807, 2.05) is 0 Å². The molecule has 5 heteroatoms. The molecular weight excluding hydrogens is 148 g/mol. The molecule has 5 nitrogen and oxygen atoms in total. The fourth-order valence-corrected chi connectivity index (χ4v) is 0.780. The highest BCUT2D eigenvalue weighted by Gasteiger charge is 2.22. The Morgan fingerprint density at radius 2 is 2.36 bits per heavy atom. The molecule has 1 heterocycles. The topological polar surface area (TPSA) is 82.2 Å². The number of rotatable bonds is 1. The number of aliphatic hydroxyl groups excluding tert-OH is 1. The van der Waals surface area contributed by atoms with Crippen LogP contribution in [-0.4, -0.2) is 40.4 Å². The molecule has 0 radical (unpaired) electrons. The van der Waals surface area contributed by atoms with E-state index in [0.29, 0.717) is 5.84 Å². The number of hydrogen-bond acceptors (Lipinski definition) is 4. The monoisotopic (exact) mass is 156 g/mol. The minimum Gasteiger partial charge on any atom is -0.477 e. The van der Waals surface area contributed by atoms with E-state index in [-0.39, 0.29) is 12.3 Å². The van der Waals surface area contributed by atoms with Crippen LogP contribution in [0.2, 0.25) is 0 Å². The van der Waals surface area contributed by atoms with Crippen molar-refractivity contribution in [2.45, 2.75) is 13.0 Å². The molecule has 0 aromatic heterocycles. The second-order valence-corrected chi connectivity index (χ2v) is 2.21. The first-order valence-electron chi connectivity index (χ1n) is 3.12. The summed E-state index contributed by atoms with van der Waals surface area (Å²) in [5.41, 5.74) is -0.225. The lowest BCUT2D eigenvalue weighted by atomic mass is 10.2. The molecule has 1 atom stereocenters. The third kappa shape index (κ3) is 1.62. The van der Waals surface area contributed by atoms with Crippen LogP contribution in [0.1, 0.15) is 6.92 Å². The molecule has 2 N–H and O–H groups in total. The molecule has 1 unspecified atom stereocenters. The third-order valence-corrected chi connectivity index (χ3v) is 1.31. The Morgan fingerprint density at radius 3 is 2.82 bits per heavy atom. The summed E-state index contributed by atoms with van der Waals surface area (Å²) >= 11 is 0. The van der Waals surface area contributed by atoms with Crippen molar-refractivity contribution < 1.29 is 15.0 Å². The Morgan fingerprint density at radius 1 is 1.73 bits per heavy atom. The molecule has 0 aliphatic carbocycles. The molecule has 1 aliphatic heterocycles. The number of hydrogen-bond donors (Lipinski definition) is 2. The van der Waals surface area contributed by atoms with E-state index < -0.39 is 12.1 Å². The van der Waals surface area contributed by atoms with Crippen LogP contribution in [0.25, 0.3) is 0 Å². The Balaban J connectivity index is 2.90. The van der Waals surface area contributed by atoms with Gasteiger partial charge in [-0.15, -0.1) is 0 Å². The summed E-state index contributed by atoms with van der Waals surface area (Å²) in [5.74, 6) is -0.792. The van der Waals surface area contributed by atoms with Crippen molar-refractivity contribution in [1.82, 2.24) is 0 Å². The van der Waals surface area contributed by atoms with Crippen LogP contribution in [0, 0.1) is 0 Å².